The summed E-state index contributed by atoms with van der Waals surface area (Å²) >= 11 is -1.51. The maximum Gasteiger partial charge on any atom is 0.303 e. The molecule has 0 amide bonds. The minimum absolute atomic E-state index is 0.0780. The molecule has 1 fully saturated rings. The number of benzene rings is 1. The van der Waals surface area contributed by atoms with Crippen molar-refractivity contribution in [2.24, 2.45) is 0 Å². The molecule has 0 heterocycles. The molecular weight excluding hydrogens is 461 g/mol. The second kappa shape index (κ2) is 13.1. The number of rotatable bonds is 13. The molecule has 7 nitrogen and oxygen atoms in total. The van der Waals surface area contributed by atoms with Crippen molar-refractivity contribution in [3.8, 4) is 5.75 Å². The Labute approximate surface area is 201 Å². The summed E-state index contributed by atoms with van der Waals surface area (Å²) in [6, 6.07) is 7.79. The fourth-order valence-corrected chi connectivity index (χ4v) is 7.67. The molecule has 1 aromatic rings. The van der Waals surface area contributed by atoms with Crippen LogP contribution >= 0.6 is 7.37 Å². The molecule has 1 aliphatic rings. The summed E-state index contributed by atoms with van der Waals surface area (Å²) < 4.78 is 41.2. The van der Waals surface area contributed by atoms with Crippen molar-refractivity contribution in [3.63, 3.8) is 0 Å². The van der Waals surface area contributed by atoms with Crippen molar-refractivity contribution in [1.29, 1.82) is 0 Å². The Morgan fingerprint density at radius 2 is 1.94 bits per heavy atom. The van der Waals surface area contributed by atoms with Crippen LogP contribution in [0, 0.1) is 0 Å². The first-order valence-electron chi connectivity index (χ1n) is 11.9. The van der Waals surface area contributed by atoms with Crippen molar-refractivity contribution in [2.45, 2.75) is 95.7 Å². The molecule has 0 aliphatic heterocycles. The molecule has 0 saturated heterocycles. The molecule has 2 unspecified atom stereocenters. The molecule has 9 heteroatoms. The van der Waals surface area contributed by atoms with E-state index in [1.807, 2.05) is 45.0 Å². The molecule has 2 rings (SSSR count). The van der Waals surface area contributed by atoms with E-state index in [0.717, 1.165) is 24.2 Å². The zero-order valence-electron chi connectivity index (χ0n) is 20.4. The molecule has 0 aromatic heterocycles. The van der Waals surface area contributed by atoms with Crippen LogP contribution < -0.4 is 9.46 Å². The van der Waals surface area contributed by atoms with E-state index in [-0.39, 0.29) is 31.7 Å². The fourth-order valence-electron chi connectivity index (χ4n) is 3.89. The van der Waals surface area contributed by atoms with Crippen LogP contribution in [0.4, 0.5) is 0 Å². The van der Waals surface area contributed by atoms with Gasteiger partial charge in [-0.1, -0.05) is 24.6 Å². The lowest BCUT2D eigenvalue weighted by atomic mass is 9.97. The standard InChI is InChI=1S/C24H40NO6PS/c1-5-30-32(28,22(15-16-23(26)27)25-33(29)24(2,3)4)18-17-19-11-9-10-14-21(19)31-20-12-7-6-8-13-20/h9-11,14,20,22,25H,5-8,12-13,15-18H2,1-4H3,(H,26,27)/t22?,32?,33-/m0/s1. The lowest BCUT2D eigenvalue weighted by Crippen LogP contribution is -2.45. The van der Waals surface area contributed by atoms with Gasteiger partial charge in [0.05, 0.1) is 12.7 Å². The predicted molar refractivity (Wildman–Crippen MR) is 133 cm³/mol. The minimum atomic E-state index is -3.36. The lowest BCUT2D eigenvalue weighted by molar-refractivity contribution is -0.137. The van der Waals surface area contributed by atoms with Gasteiger partial charge in [0.1, 0.15) is 16.3 Å². The van der Waals surface area contributed by atoms with Crippen molar-refractivity contribution in [2.75, 3.05) is 12.8 Å². The monoisotopic (exact) mass is 501 g/mol. The number of carboxylic acid groups (broad SMARTS) is 1. The van der Waals surface area contributed by atoms with E-state index in [1.165, 1.54) is 19.3 Å². The van der Waals surface area contributed by atoms with Crippen molar-refractivity contribution < 1.29 is 28.3 Å². The summed E-state index contributed by atoms with van der Waals surface area (Å²) in [7, 11) is -3.36. The van der Waals surface area contributed by atoms with Gasteiger partial charge in [0.2, 0.25) is 7.37 Å². The van der Waals surface area contributed by atoms with Gasteiger partial charge >= 0.3 is 5.97 Å². The summed E-state index contributed by atoms with van der Waals surface area (Å²) in [5.41, 5.74) is 0.955. The Morgan fingerprint density at radius 1 is 1.27 bits per heavy atom. The van der Waals surface area contributed by atoms with Crippen LogP contribution in [0.2, 0.25) is 0 Å². The molecule has 2 N–H and O–H groups in total. The molecule has 1 saturated carbocycles. The summed E-state index contributed by atoms with van der Waals surface area (Å²) in [6.07, 6.45) is 6.47. The maximum atomic E-state index is 14.0. The van der Waals surface area contributed by atoms with Gasteiger partial charge in [-0.25, -0.2) is 0 Å². The number of carbonyl (C=O) groups is 1. The average molecular weight is 502 g/mol. The molecule has 1 aromatic carbocycles. The highest BCUT2D eigenvalue weighted by Crippen LogP contribution is 2.53. The van der Waals surface area contributed by atoms with E-state index in [4.69, 9.17) is 9.26 Å². The normalized spacial score (nSPS) is 18.9. The Kier molecular flexibility index (Phi) is 11.2. The first kappa shape index (κ1) is 28.2. The third kappa shape index (κ3) is 9.25. The first-order chi connectivity index (χ1) is 15.5. The quantitative estimate of drug-likeness (QED) is 0.271. The summed E-state index contributed by atoms with van der Waals surface area (Å²) in [5.74, 6) is -0.988. The predicted octanol–water partition coefficient (Wildman–Crippen LogP) is 5.50. The van der Waals surface area contributed by atoms with Crippen molar-refractivity contribution >= 4 is 24.7 Å². The van der Waals surface area contributed by atoms with Crippen LogP contribution in [0.5, 0.6) is 5.75 Å². The zero-order valence-corrected chi connectivity index (χ0v) is 22.1. The van der Waals surface area contributed by atoms with Gasteiger partial charge in [0.15, 0.2) is 0 Å². The number of hydrogen-bond donors (Lipinski definition) is 2. The van der Waals surface area contributed by atoms with Crippen molar-refractivity contribution in [3.05, 3.63) is 29.8 Å². The highest BCUT2D eigenvalue weighted by Gasteiger charge is 2.40. The van der Waals surface area contributed by atoms with E-state index in [0.29, 0.717) is 6.42 Å². The zero-order chi connectivity index (χ0) is 24.5. The topological polar surface area (TPSA) is 108 Å². The van der Waals surface area contributed by atoms with E-state index < -0.39 is 35.2 Å². The van der Waals surface area contributed by atoms with Crippen LogP contribution in [-0.4, -0.2) is 45.0 Å². The molecule has 0 spiro atoms. The maximum absolute atomic E-state index is 14.0. The van der Waals surface area contributed by atoms with E-state index in [2.05, 4.69) is 4.72 Å². The smallest absolute Gasteiger partial charge is 0.303 e. The second-order valence-corrected chi connectivity index (χ2v) is 14.3. The minimum Gasteiger partial charge on any atom is -0.598 e. The van der Waals surface area contributed by atoms with Gasteiger partial charge in [-0.15, -0.1) is 4.72 Å². The molecule has 33 heavy (non-hydrogen) atoms. The summed E-state index contributed by atoms with van der Waals surface area (Å²) in [6.45, 7) is 7.44. The largest absolute Gasteiger partial charge is 0.598 e. The van der Waals surface area contributed by atoms with E-state index >= 15 is 0 Å². The summed E-state index contributed by atoms with van der Waals surface area (Å²) in [4.78, 5) is 11.2. The van der Waals surface area contributed by atoms with Gasteiger partial charge in [-0.2, -0.15) is 0 Å². The Hall–Kier alpha value is -1.05. The third-order valence-electron chi connectivity index (χ3n) is 5.76. The second-order valence-electron chi connectivity index (χ2n) is 9.55. The first-order valence-corrected chi connectivity index (χ1v) is 15.0. The number of aliphatic carboxylic acids is 1. The molecule has 0 radical (unpaired) electrons. The van der Waals surface area contributed by atoms with Gasteiger partial charge in [0.25, 0.3) is 0 Å². The van der Waals surface area contributed by atoms with Gasteiger partial charge < -0.3 is 18.9 Å². The van der Waals surface area contributed by atoms with E-state index in [1.54, 1.807) is 6.92 Å². The van der Waals surface area contributed by atoms with Crippen LogP contribution in [-0.2, 0) is 31.7 Å². The number of para-hydroxylation sites is 1. The Balaban J connectivity index is 2.19. The van der Waals surface area contributed by atoms with Gasteiger partial charge in [-0.3, -0.25) is 9.36 Å². The van der Waals surface area contributed by atoms with Crippen LogP contribution in [0.3, 0.4) is 0 Å². The number of ether oxygens (including phenoxy) is 1. The highest BCUT2D eigenvalue weighted by atomic mass is 32.2. The van der Waals surface area contributed by atoms with Crippen LogP contribution in [0.15, 0.2) is 24.3 Å². The highest BCUT2D eigenvalue weighted by molar-refractivity contribution is 7.91. The van der Waals surface area contributed by atoms with Crippen molar-refractivity contribution in [1.82, 2.24) is 4.72 Å². The molecule has 188 valence electrons. The molecule has 3 atom stereocenters. The summed E-state index contributed by atoms with van der Waals surface area (Å²) in [5, 5.41) is 9.20. The number of carboxylic acids is 1. The van der Waals surface area contributed by atoms with Crippen LogP contribution in [0.1, 0.15) is 78.2 Å². The lowest BCUT2D eigenvalue weighted by Gasteiger charge is -2.32. The van der Waals surface area contributed by atoms with Crippen LogP contribution in [0.25, 0.3) is 0 Å². The molecule has 0 bridgehead atoms. The Morgan fingerprint density at radius 3 is 2.55 bits per heavy atom. The fraction of sp³-hybridized carbons (Fsp3) is 0.708. The van der Waals surface area contributed by atoms with Gasteiger partial charge in [0, 0.05) is 23.9 Å². The van der Waals surface area contributed by atoms with Gasteiger partial charge in [-0.05, 0) is 77.8 Å². The number of aryl methyl sites for hydroxylation is 1. The Bertz CT molecular complexity index is 793. The molecular formula is C24H40NO6PS. The number of nitrogens with one attached hydrogen (secondary N) is 1. The third-order valence-corrected chi connectivity index (χ3v) is 10.4. The molecule has 1 aliphatic carbocycles. The SMILES string of the molecule is CCOP(=O)(CCc1ccccc1OC1CCCCC1)C(CCC(=O)O)N[S@@+]([O-])C(C)(C)C. The average Bonchev–Trinajstić information content (AvgIpc) is 2.76. The van der Waals surface area contributed by atoms with E-state index in [9.17, 15) is 19.0 Å². The number of hydrogen-bond acceptors (Lipinski definition) is 6.